The SMILES string of the molecule is O=Cc1c(-c2ccc(Cl)cc2Cl)[nH]c2c(Br)cccc12. The van der Waals surface area contributed by atoms with E-state index in [0.717, 1.165) is 27.2 Å². The third kappa shape index (κ3) is 2.16. The smallest absolute Gasteiger partial charge is 0.152 e. The molecular formula is C15H8BrCl2NO. The van der Waals surface area contributed by atoms with Gasteiger partial charge in [-0.1, -0.05) is 35.3 Å². The topological polar surface area (TPSA) is 32.9 Å². The number of benzene rings is 2. The van der Waals surface area contributed by atoms with Gasteiger partial charge in [0.25, 0.3) is 0 Å². The zero-order valence-corrected chi connectivity index (χ0v) is 13.2. The molecule has 0 radical (unpaired) electrons. The highest BCUT2D eigenvalue weighted by Crippen LogP contribution is 2.36. The van der Waals surface area contributed by atoms with E-state index in [9.17, 15) is 4.79 Å². The highest BCUT2D eigenvalue weighted by Gasteiger charge is 2.16. The van der Waals surface area contributed by atoms with Crippen LogP contribution >= 0.6 is 39.1 Å². The molecule has 1 N–H and O–H groups in total. The fourth-order valence-corrected chi connectivity index (χ4v) is 3.20. The van der Waals surface area contributed by atoms with Crippen LogP contribution in [0.3, 0.4) is 0 Å². The summed E-state index contributed by atoms with van der Waals surface area (Å²) in [4.78, 5) is 14.7. The van der Waals surface area contributed by atoms with Crippen molar-refractivity contribution in [2.24, 2.45) is 0 Å². The van der Waals surface area contributed by atoms with Crippen molar-refractivity contribution in [3.05, 3.63) is 56.5 Å². The Morgan fingerprint density at radius 1 is 1.15 bits per heavy atom. The molecule has 5 heteroatoms. The predicted octanol–water partition coefficient (Wildman–Crippen LogP) is 5.72. The van der Waals surface area contributed by atoms with E-state index in [-0.39, 0.29) is 0 Å². The van der Waals surface area contributed by atoms with E-state index in [1.807, 2.05) is 18.2 Å². The van der Waals surface area contributed by atoms with Gasteiger partial charge in [0.2, 0.25) is 0 Å². The maximum absolute atomic E-state index is 11.5. The Morgan fingerprint density at radius 2 is 1.95 bits per heavy atom. The van der Waals surface area contributed by atoms with Crippen LogP contribution < -0.4 is 0 Å². The molecule has 0 saturated carbocycles. The van der Waals surface area contributed by atoms with Crippen LogP contribution in [-0.2, 0) is 0 Å². The number of hydrogen-bond acceptors (Lipinski definition) is 1. The number of H-pyrrole nitrogens is 1. The molecule has 0 bridgehead atoms. The number of halogens is 3. The first-order valence-electron chi connectivity index (χ1n) is 5.82. The number of carbonyl (C=O) groups is 1. The first kappa shape index (κ1) is 13.7. The normalized spacial score (nSPS) is 10.9. The Hall–Kier alpha value is -1.29. The summed E-state index contributed by atoms with van der Waals surface area (Å²) < 4.78 is 0.898. The van der Waals surface area contributed by atoms with Crippen LogP contribution in [0.1, 0.15) is 10.4 Å². The van der Waals surface area contributed by atoms with Crippen LogP contribution in [0.15, 0.2) is 40.9 Å². The highest BCUT2D eigenvalue weighted by atomic mass is 79.9. The van der Waals surface area contributed by atoms with Gasteiger partial charge in [-0.05, 0) is 40.2 Å². The van der Waals surface area contributed by atoms with Crippen molar-refractivity contribution in [2.75, 3.05) is 0 Å². The number of rotatable bonds is 2. The van der Waals surface area contributed by atoms with Gasteiger partial charge in [-0.15, -0.1) is 0 Å². The average molecular weight is 369 g/mol. The molecule has 100 valence electrons. The average Bonchev–Trinajstić information content (AvgIpc) is 2.78. The molecule has 0 aliphatic rings. The molecule has 1 heterocycles. The van der Waals surface area contributed by atoms with Crippen molar-refractivity contribution in [1.82, 2.24) is 4.98 Å². The summed E-state index contributed by atoms with van der Waals surface area (Å²) in [5, 5.41) is 1.92. The second-order valence-electron chi connectivity index (χ2n) is 4.32. The van der Waals surface area contributed by atoms with Crippen molar-refractivity contribution < 1.29 is 4.79 Å². The lowest BCUT2D eigenvalue weighted by molar-refractivity contribution is 0.112. The summed E-state index contributed by atoms with van der Waals surface area (Å²) in [6, 6.07) is 10.9. The van der Waals surface area contributed by atoms with Crippen LogP contribution in [0, 0.1) is 0 Å². The molecule has 0 aliphatic heterocycles. The second kappa shape index (κ2) is 5.24. The number of aromatic nitrogens is 1. The van der Waals surface area contributed by atoms with Crippen LogP contribution in [0.5, 0.6) is 0 Å². The summed E-state index contributed by atoms with van der Waals surface area (Å²) in [6.07, 6.45) is 0.839. The maximum atomic E-state index is 11.5. The maximum Gasteiger partial charge on any atom is 0.152 e. The van der Waals surface area contributed by atoms with Crippen molar-refractivity contribution in [2.45, 2.75) is 0 Å². The minimum Gasteiger partial charge on any atom is -0.353 e. The molecule has 0 aliphatic carbocycles. The first-order chi connectivity index (χ1) is 9.61. The van der Waals surface area contributed by atoms with Gasteiger partial charge in [-0.2, -0.15) is 0 Å². The van der Waals surface area contributed by atoms with Gasteiger partial charge in [0, 0.05) is 26.0 Å². The Labute approximate surface area is 133 Å². The highest BCUT2D eigenvalue weighted by molar-refractivity contribution is 9.10. The second-order valence-corrected chi connectivity index (χ2v) is 6.02. The zero-order chi connectivity index (χ0) is 14.3. The number of aromatic amines is 1. The lowest BCUT2D eigenvalue weighted by Crippen LogP contribution is -1.85. The van der Waals surface area contributed by atoms with E-state index in [1.165, 1.54) is 0 Å². The molecular weight excluding hydrogens is 361 g/mol. The summed E-state index contributed by atoms with van der Waals surface area (Å²) >= 11 is 15.6. The Balaban J connectivity index is 2.36. The summed E-state index contributed by atoms with van der Waals surface area (Å²) in [5.41, 5.74) is 2.91. The molecule has 1 aromatic heterocycles. The molecule has 0 unspecified atom stereocenters. The van der Waals surface area contributed by atoms with Crippen LogP contribution in [-0.4, -0.2) is 11.3 Å². The summed E-state index contributed by atoms with van der Waals surface area (Å²) in [6.45, 7) is 0. The molecule has 0 fully saturated rings. The minimum atomic E-state index is 0.503. The van der Waals surface area contributed by atoms with Crippen LogP contribution in [0.25, 0.3) is 22.2 Å². The van der Waals surface area contributed by atoms with Gasteiger partial charge in [0.15, 0.2) is 6.29 Å². The minimum absolute atomic E-state index is 0.503. The van der Waals surface area contributed by atoms with E-state index >= 15 is 0 Å². The molecule has 2 aromatic carbocycles. The van der Waals surface area contributed by atoms with Gasteiger partial charge in [0.05, 0.1) is 16.2 Å². The standard InChI is InChI=1S/C15H8BrCl2NO/c16-12-3-1-2-9-11(7-20)14(19-15(9)12)10-5-4-8(17)6-13(10)18/h1-7,19H. The van der Waals surface area contributed by atoms with Crippen molar-refractivity contribution in [3.8, 4) is 11.3 Å². The summed E-state index contributed by atoms with van der Waals surface area (Å²) in [5.74, 6) is 0. The molecule has 2 nitrogen and oxygen atoms in total. The van der Waals surface area contributed by atoms with E-state index < -0.39 is 0 Å². The largest absolute Gasteiger partial charge is 0.353 e. The molecule has 0 saturated heterocycles. The van der Waals surface area contributed by atoms with Gasteiger partial charge < -0.3 is 4.98 Å². The van der Waals surface area contributed by atoms with Crippen molar-refractivity contribution in [1.29, 1.82) is 0 Å². The van der Waals surface area contributed by atoms with Crippen molar-refractivity contribution in [3.63, 3.8) is 0 Å². The predicted molar refractivity (Wildman–Crippen MR) is 86.8 cm³/mol. The third-order valence-electron chi connectivity index (χ3n) is 3.14. The molecule has 0 spiro atoms. The zero-order valence-electron chi connectivity index (χ0n) is 10.1. The molecule has 0 amide bonds. The fraction of sp³-hybridized carbons (Fsp3) is 0. The van der Waals surface area contributed by atoms with E-state index in [0.29, 0.717) is 21.3 Å². The van der Waals surface area contributed by atoms with E-state index in [1.54, 1.807) is 18.2 Å². The van der Waals surface area contributed by atoms with Crippen LogP contribution in [0.2, 0.25) is 10.0 Å². The number of hydrogen-bond donors (Lipinski definition) is 1. The Kier molecular flexibility index (Phi) is 3.59. The monoisotopic (exact) mass is 367 g/mol. The van der Waals surface area contributed by atoms with E-state index in [2.05, 4.69) is 20.9 Å². The van der Waals surface area contributed by atoms with Gasteiger partial charge in [0.1, 0.15) is 0 Å². The van der Waals surface area contributed by atoms with Gasteiger partial charge in [-0.3, -0.25) is 4.79 Å². The fourth-order valence-electron chi connectivity index (χ4n) is 2.23. The van der Waals surface area contributed by atoms with Crippen LogP contribution in [0.4, 0.5) is 0 Å². The third-order valence-corrected chi connectivity index (χ3v) is 4.35. The lowest BCUT2D eigenvalue weighted by atomic mass is 10.1. The number of carbonyl (C=O) groups excluding carboxylic acids is 1. The number of nitrogens with one attached hydrogen (secondary N) is 1. The molecule has 3 aromatic rings. The van der Waals surface area contributed by atoms with Gasteiger partial charge >= 0.3 is 0 Å². The van der Waals surface area contributed by atoms with Crippen molar-refractivity contribution >= 4 is 56.3 Å². The Morgan fingerprint density at radius 3 is 2.65 bits per heavy atom. The number of aldehydes is 1. The lowest BCUT2D eigenvalue weighted by Gasteiger charge is -2.03. The first-order valence-corrected chi connectivity index (χ1v) is 7.37. The van der Waals surface area contributed by atoms with E-state index in [4.69, 9.17) is 23.2 Å². The number of fused-ring (bicyclic) bond motifs is 1. The molecule has 3 rings (SSSR count). The quantitative estimate of drug-likeness (QED) is 0.576. The molecule has 0 atom stereocenters. The number of para-hydroxylation sites is 1. The van der Waals surface area contributed by atoms with Gasteiger partial charge in [-0.25, -0.2) is 0 Å². The summed E-state index contributed by atoms with van der Waals surface area (Å²) in [7, 11) is 0. The molecule has 20 heavy (non-hydrogen) atoms. The Bertz CT molecular complexity index is 826.